The summed E-state index contributed by atoms with van der Waals surface area (Å²) >= 11 is 6.65. The molecule has 1 aliphatic heterocycles. The predicted molar refractivity (Wildman–Crippen MR) is 145 cm³/mol. The van der Waals surface area contributed by atoms with E-state index in [4.69, 9.17) is 0 Å². The lowest BCUT2D eigenvalue weighted by molar-refractivity contribution is 0.321. The summed E-state index contributed by atoms with van der Waals surface area (Å²) in [6.45, 7) is 1.00. The number of aromatic nitrogens is 3. The lowest BCUT2D eigenvalue weighted by Gasteiger charge is -2.30. The molecule has 4 heterocycles. The summed E-state index contributed by atoms with van der Waals surface area (Å²) in [6, 6.07) is 15.1. The molecule has 2 aromatic carbocycles. The van der Waals surface area contributed by atoms with Gasteiger partial charge in [-0.15, -0.1) is 22.7 Å². The van der Waals surface area contributed by atoms with Crippen LogP contribution in [-0.2, 0) is 10.0 Å². The maximum Gasteiger partial charge on any atom is 0.243 e. The molecule has 0 spiro atoms. The molecule has 0 saturated carbocycles. The fraction of sp³-hybridized carbons (Fsp3) is 0.208. The van der Waals surface area contributed by atoms with E-state index in [2.05, 4.69) is 48.3 Å². The Morgan fingerprint density at radius 1 is 1.00 bits per heavy atom. The number of nitrogens with zero attached hydrogens (tertiary/aromatic N) is 4. The molecule has 35 heavy (non-hydrogen) atoms. The van der Waals surface area contributed by atoms with E-state index in [9.17, 15) is 8.42 Å². The van der Waals surface area contributed by atoms with Crippen LogP contribution in [0.15, 0.2) is 69.7 Å². The van der Waals surface area contributed by atoms with Crippen molar-refractivity contribution < 1.29 is 8.42 Å². The highest BCUT2D eigenvalue weighted by Crippen LogP contribution is 2.39. The number of anilines is 2. The van der Waals surface area contributed by atoms with Crippen molar-refractivity contribution in [1.82, 2.24) is 19.3 Å². The normalized spacial score (nSPS) is 15.7. The van der Waals surface area contributed by atoms with Crippen molar-refractivity contribution in [3.8, 4) is 0 Å². The van der Waals surface area contributed by atoms with E-state index in [0.717, 1.165) is 49.3 Å². The van der Waals surface area contributed by atoms with Gasteiger partial charge in [-0.05, 0) is 67.3 Å². The first-order valence-electron chi connectivity index (χ1n) is 11.1. The minimum atomic E-state index is -3.48. The average molecular weight is 587 g/mol. The molecule has 0 amide bonds. The van der Waals surface area contributed by atoms with Crippen LogP contribution >= 0.6 is 38.6 Å². The number of nitrogens with one attached hydrogen (secondary N) is 1. The molecular formula is C24H20BrN5O2S3. The molecule has 0 atom stereocenters. The van der Waals surface area contributed by atoms with Crippen molar-refractivity contribution in [2.75, 3.05) is 18.4 Å². The van der Waals surface area contributed by atoms with Crippen LogP contribution in [0.5, 0.6) is 0 Å². The summed E-state index contributed by atoms with van der Waals surface area (Å²) in [6.07, 6.45) is 3.14. The Kier molecular flexibility index (Phi) is 6.05. The summed E-state index contributed by atoms with van der Waals surface area (Å²) in [5, 5.41) is 4.41. The van der Waals surface area contributed by atoms with E-state index in [-0.39, 0.29) is 0 Å². The largest absolute Gasteiger partial charge is 0.340 e. The molecule has 11 heteroatoms. The molecule has 0 unspecified atom stereocenters. The van der Waals surface area contributed by atoms with Crippen LogP contribution in [0.1, 0.15) is 23.6 Å². The summed E-state index contributed by atoms with van der Waals surface area (Å²) in [5.74, 6) is 1.06. The number of thiophene rings is 1. The first-order valence-corrected chi connectivity index (χ1v) is 15.0. The summed E-state index contributed by atoms with van der Waals surface area (Å²) in [7, 11) is -3.48. The minimum absolute atomic E-state index is 0.296. The Morgan fingerprint density at radius 3 is 2.60 bits per heavy atom. The van der Waals surface area contributed by atoms with E-state index in [1.165, 1.54) is 4.88 Å². The van der Waals surface area contributed by atoms with Gasteiger partial charge in [-0.2, -0.15) is 4.31 Å². The number of fused-ring (bicyclic) bond motifs is 2. The number of benzene rings is 2. The van der Waals surface area contributed by atoms with Gasteiger partial charge >= 0.3 is 0 Å². The maximum absolute atomic E-state index is 13.0. The zero-order valence-electron chi connectivity index (χ0n) is 18.4. The highest BCUT2D eigenvalue weighted by molar-refractivity contribution is 9.10. The molecule has 7 nitrogen and oxygen atoms in total. The lowest BCUT2D eigenvalue weighted by Crippen LogP contribution is -2.37. The average Bonchev–Trinajstić information content (AvgIpc) is 3.52. The molecule has 0 bridgehead atoms. The Morgan fingerprint density at radius 2 is 1.80 bits per heavy atom. The molecule has 0 radical (unpaired) electrons. The van der Waals surface area contributed by atoms with Gasteiger partial charge in [0, 0.05) is 28.1 Å². The van der Waals surface area contributed by atoms with Crippen molar-refractivity contribution in [2.24, 2.45) is 0 Å². The third-order valence-corrected chi connectivity index (χ3v) is 10.7. The second-order valence-electron chi connectivity index (χ2n) is 8.38. The Hall–Kier alpha value is -2.44. The number of thiazole rings is 1. The molecule has 1 saturated heterocycles. The molecule has 6 rings (SSSR count). The number of halogens is 1. The second kappa shape index (κ2) is 9.21. The summed E-state index contributed by atoms with van der Waals surface area (Å²) in [5.41, 5.74) is 3.74. The SMILES string of the molecule is O=S(=O)(c1ccc(Br)cc1)N1CCC(c2cc3c(Nc4ccc5scnc5c4)ncnc3s2)CC1. The van der Waals surface area contributed by atoms with Gasteiger partial charge in [0.2, 0.25) is 10.0 Å². The summed E-state index contributed by atoms with van der Waals surface area (Å²) < 4.78 is 29.7. The van der Waals surface area contributed by atoms with Crippen molar-refractivity contribution in [2.45, 2.75) is 23.7 Å². The highest BCUT2D eigenvalue weighted by atomic mass is 79.9. The standard InChI is InChI=1S/C24H20BrN5O2S3/c25-16-1-4-18(5-2-16)35(31,32)30-9-7-15(8-10-30)22-12-19-23(26-13-27-24(19)34-22)29-17-3-6-21-20(11-17)28-14-33-21/h1-6,11-15H,7-10H2,(H,26,27,29). The summed E-state index contributed by atoms with van der Waals surface area (Å²) in [4.78, 5) is 15.9. The molecule has 1 N–H and O–H groups in total. The Labute approximate surface area is 219 Å². The molecule has 178 valence electrons. The first-order chi connectivity index (χ1) is 17.0. The van der Waals surface area contributed by atoms with Gasteiger partial charge in [-0.1, -0.05) is 15.9 Å². The quantitative estimate of drug-likeness (QED) is 0.257. The topological polar surface area (TPSA) is 88.1 Å². The lowest BCUT2D eigenvalue weighted by atomic mass is 9.96. The third-order valence-electron chi connectivity index (χ3n) is 6.25. The maximum atomic E-state index is 13.0. The van der Waals surface area contributed by atoms with Crippen LogP contribution in [0.2, 0.25) is 0 Å². The molecule has 0 aliphatic carbocycles. The van der Waals surface area contributed by atoms with Crippen molar-refractivity contribution in [1.29, 1.82) is 0 Å². The van der Waals surface area contributed by atoms with Gasteiger partial charge in [0.25, 0.3) is 0 Å². The monoisotopic (exact) mass is 585 g/mol. The zero-order chi connectivity index (χ0) is 24.0. The van der Waals surface area contributed by atoms with Gasteiger partial charge in [-0.3, -0.25) is 0 Å². The van der Waals surface area contributed by atoms with E-state index in [1.807, 2.05) is 17.6 Å². The van der Waals surface area contributed by atoms with Crippen LogP contribution in [0.3, 0.4) is 0 Å². The Balaban J connectivity index is 1.20. The first kappa shape index (κ1) is 23.0. The van der Waals surface area contributed by atoms with Crippen molar-refractivity contribution in [3.05, 3.63) is 69.7 Å². The van der Waals surface area contributed by atoms with Gasteiger partial charge < -0.3 is 5.32 Å². The minimum Gasteiger partial charge on any atom is -0.340 e. The van der Waals surface area contributed by atoms with Crippen LogP contribution in [0.4, 0.5) is 11.5 Å². The van der Waals surface area contributed by atoms with E-state index in [0.29, 0.717) is 23.9 Å². The molecule has 1 aliphatic rings. The number of hydrogen-bond donors (Lipinski definition) is 1. The van der Waals surface area contributed by atoms with Crippen molar-refractivity contribution >= 4 is 80.6 Å². The van der Waals surface area contributed by atoms with Gasteiger partial charge in [0.05, 0.1) is 26.0 Å². The third kappa shape index (κ3) is 4.47. The van der Waals surface area contributed by atoms with Crippen LogP contribution in [0, 0.1) is 0 Å². The van der Waals surface area contributed by atoms with Crippen LogP contribution in [0.25, 0.3) is 20.4 Å². The van der Waals surface area contributed by atoms with E-state index >= 15 is 0 Å². The number of hydrogen-bond acceptors (Lipinski definition) is 8. The number of sulfonamides is 1. The van der Waals surface area contributed by atoms with Gasteiger partial charge in [-0.25, -0.2) is 23.4 Å². The second-order valence-corrected chi connectivity index (χ2v) is 13.2. The van der Waals surface area contributed by atoms with E-state index in [1.54, 1.807) is 57.6 Å². The number of rotatable bonds is 5. The molecular weight excluding hydrogens is 566 g/mol. The van der Waals surface area contributed by atoms with Crippen molar-refractivity contribution in [3.63, 3.8) is 0 Å². The van der Waals surface area contributed by atoms with Crippen LogP contribution in [-0.4, -0.2) is 40.8 Å². The van der Waals surface area contributed by atoms with Gasteiger partial charge in [0.15, 0.2) is 0 Å². The predicted octanol–water partition coefficient (Wildman–Crippen LogP) is 6.38. The highest BCUT2D eigenvalue weighted by Gasteiger charge is 2.30. The van der Waals surface area contributed by atoms with E-state index < -0.39 is 10.0 Å². The smallest absolute Gasteiger partial charge is 0.243 e. The molecule has 3 aromatic heterocycles. The zero-order valence-corrected chi connectivity index (χ0v) is 22.4. The molecule has 1 fully saturated rings. The van der Waals surface area contributed by atoms with Gasteiger partial charge in [0.1, 0.15) is 17.0 Å². The fourth-order valence-corrected chi connectivity index (χ4v) is 7.94. The Bertz CT molecular complexity index is 1620. The fourth-order valence-electron chi connectivity index (χ4n) is 4.38. The molecule has 5 aromatic rings. The van der Waals surface area contributed by atoms with Crippen LogP contribution < -0.4 is 5.32 Å². The number of piperidine rings is 1.